The van der Waals surface area contributed by atoms with Crippen LogP contribution in [0.25, 0.3) is 0 Å². The predicted molar refractivity (Wildman–Crippen MR) is 207 cm³/mol. The van der Waals surface area contributed by atoms with Gasteiger partial charge in [-0.25, -0.2) is 0 Å². The number of rotatable bonds is 11. The number of aliphatic hydroxyl groups is 1. The van der Waals surface area contributed by atoms with Crippen molar-refractivity contribution in [3.05, 3.63) is 35.4 Å². The lowest BCUT2D eigenvalue weighted by Gasteiger charge is -2.59. The second-order valence-electron chi connectivity index (χ2n) is 19.7. The zero-order chi connectivity index (χ0) is 40.8. The van der Waals surface area contributed by atoms with E-state index in [1.54, 1.807) is 0 Å². The second kappa shape index (κ2) is 16.0. The maximum Gasteiger partial charge on any atom is 0.313 e. The van der Waals surface area contributed by atoms with E-state index in [0.29, 0.717) is 31.1 Å². The van der Waals surface area contributed by atoms with E-state index >= 15 is 0 Å². The van der Waals surface area contributed by atoms with Crippen molar-refractivity contribution in [3.8, 4) is 0 Å². The summed E-state index contributed by atoms with van der Waals surface area (Å²) in [5.41, 5.74) is 0.418. The third-order valence-corrected chi connectivity index (χ3v) is 14.1. The van der Waals surface area contributed by atoms with Gasteiger partial charge in [-0.1, -0.05) is 45.0 Å². The quantitative estimate of drug-likeness (QED) is 0.138. The fourth-order valence-electron chi connectivity index (χ4n) is 9.70. The third kappa shape index (κ3) is 8.85. The molecule has 4 saturated carbocycles. The highest BCUT2D eigenvalue weighted by atomic mass is 16.7. The van der Waals surface area contributed by atoms with Crippen molar-refractivity contribution in [1.29, 1.82) is 0 Å². The second-order valence-corrected chi connectivity index (χ2v) is 19.7. The van der Waals surface area contributed by atoms with E-state index in [9.17, 15) is 24.3 Å². The van der Waals surface area contributed by atoms with E-state index in [2.05, 4.69) is 12.1 Å². The average Bonchev–Trinajstić information content (AvgIpc) is 3.88. The van der Waals surface area contributed by atoms with Gasteiger partial charge in [-0.15, -0.1) is 0 Å². The van der Waals surface area contributed by atoms with Crippen LogP contribution in [0.4, 0.5) is 0 Å². The third-order valence-electron chi connectivity index (χ3n) is 14.1. The largest absolute Gasteiger partial charge is 0.459 e. The summed E-state index contributed by atoms with van der Waals surface area (Å²) >= 11 is 0. The fraction of sp³-hybridized carbons (Fsp3) is 0.778. The molecule has 0 radical (unpaired) electrons. The molecule has 1 aromatic carbocycles. The molecule has 7 unspecified atom stereocenters. The van der Waals surface area contributed by atoms with E-state index < -0.39 is 34.1 Å². The average molecular weight is 783 g/mol. The predicted octanol–water partition coefficient (Wildman–Crippen LogP) is 7.20. The van der Waals surface area contributed by atoms with Crippen molar-refractivity contribution in [1.82, 2.24) is 0 Å². The van der Waals surface area contributed by atoms with Gasteiger partial charge in [0.2, 0.25) is 0 Å². The first-order valence-corrected chi connectivity index (χ1v) is 21.1. The molecule has 7 fully saturated rings. The molecule has 0 spiro atoms. The Hall–Kier alpha value is -3.02. The van der Waals surface area contributed by atoms with Crippen molar-refractivity contribution in [2.75, 3.05) is 6.79 Å². The Kier molecular flexibility index (Phi) is 12.1. The van der Waals surface area contributed by atoms with Crippen LogP contribution in [0.2, 0.25) is 0 Å². The summed E-state index contributed by atoms with van der Waals surface area (Å²) in [6.45, 7) is 17.4. The van der Waals surface area contributed by atoms with Gasteiger partial charge >= 0.3 is 23.9 Å². The van der Waals surface area contributed by atoms with Gasteiger partial charge in [0, 0.05) is 6.42 Å². The van der Waals surface area contributed by atoms with Crippen LogP contribution in [0.3, 0.4) is 0 Å². The van der Waals surface area contributed by atoms with Crippen LogP contribution >= 0.6 is 0 Å². The van der Waals surface area contributed by atoms with Crippen LogP contribution in [0.5, 0.6) is 0 Å². The zero-order valence-electron chi connectivity index (χ0n) is 35.2. The summed E-state index contributed by atoms with van der Waals surface area (Å²) in [5.74, 6) is 0.249. The van der Waals surface area contributed by atoms with Crippen LogP contribution < -0.4 is 0 Å². The summed E-state index contributed by atoms with van der Waals surface area (Å²) < 4.78 is 33.3. The molecule has 1 aromatic rings. The molecule has 3 heterocycles. The van der Waals surface area contributed by atoms with Crippen molar-refractivity contribution in [2.45, 2.75) is 181 Å². The van der Waals surface area contributed by atoms with E-state index in [0.717, 1.165) is 51.4 Å². The smallest absolute Gasteiger partial charge is 0.313 e. The summed E-state index contributed by atoms with van der Waals surface area (Å²) in [7, 11) is 0. The first kappa shape index (κ1) is 42.6. The molecule has 3 saturated heterocycles. The van der Waals surface area contributed by atoms with Crippen LogP contribution in [0.1, 0.15) is 138 Å². The molecule has 56 heavy (non-hydrogen) atoms. The van der Waals surface area contributed by atoms with Gasteiger partial charge in [-0.3, -0.25) is 19.2 Å². The van der Waals surface area contributed by atoms with Gasteiger partial charge < -0.3 is 33.5 Å². The maximum absolute atomic E-state index is 12.4. The molecule has 9 rings (SSSR count). The lowest BCUT2D eigenvalue weighted by molar-refractivity contribution is -0.225. The molecular weight excluding hydrogens is 716 g/mol. The molecule has 0 amide bonds. The minimum Gasteiger partial charge on any atom is -0.459 e. The number of benzene rings is 1. The van der Waals surface area contributed by atoms with Crippen molar-refractivity contribution in [2.24, 2.45) is 34.0 Å². The van der Waals surface area contributed by atoms with Gasteiger partial charge in [0.25, 0.3) is 0 Å². The number of hydrogen-bond donors (Lipinski definition) is 1. The van der Waals surface area contributed by atoms with E-state index in [1.807, 2.05) is 74.4 Å². The molecule has 1 N–H and O–H groups in total. The number of fused-ring (bicyclic) bond motifs is 2. The number of carbonyl (C=O) groups is 4. The van der Waals surface area contributed by atoms with Crippen LogP contribution in [-0.2, 0) is 60.4 Å². The molecule has 312 valence electrons. The molecule has 3 aliphatic heterocycles. The van der Waals surface area contributed by atoms with Gasteiger partial charge in [-0.2, -0.15) is 0 Å². The van der Waals surface area contributed by atoms with Gasteiger partial charge in [0.15, 0.2) is 19.0 Å². The molecule has 7 atom stereocenters. The van der Waals surface area contributed by atoms with E-state index in [-0.39, 0.29) is 60.5 Å². The summed E-state index contributed by atoms with van der Waals surface area (Å²) in [4.78, 5) is 47.8. The summed E-state index contributed by atoms with van der Waals surface area (Å²) in [6.07, 6.45) is 9.30. The molecule has 6 bridgehead atoms. The topological polar surface area (TPSA) is 144 Å². The highest BCUT2D eigenvalue weighted by molar-refractivity contribution is 5.79. The fourth-order valence-corrected chi connectivity index (χ4v) is 9.70. The lowest BCUT2D eigenvalue weighted by atomic mass is 9.52. The standard InChI is InChI=1S/C16H26O3.C16H22O3.C13H18O5/c1-4-14(2,3)13(17)19-16-8-11-5-12(9-16)7-15(18,6-11)10-16;1-4-16(2,3)15(17)19-11-18-14-9-12-7-5-6-8-13(12)10-14;1-4-13(2,3)12(15)18-9-7-5-6-8(16-7)10(9)17-11(6)14/h11-12,18H,4-10H2,1-3H3;5-8,14H,4,9-11H2,1-3H3;6-10H,4-5H2,1-3H3. The monoisotopic (exact) mass is 782 g/mol. The molecular formula is C45H66O11. The first-order chi connectivity index (χ1) is 26.2. The van der Waals surface area contributed by atoms with Gasteiger partial charge in [0.1, 0.15) is 11.7 Å². The number of ether oxygens (including phenoxy) is 6. The summed E-state index contributed by atoms with van der Waals surface area (Å²) in [6, 6.07) is 8.35. The Bertz CT molecular complexity index is 1590. The van der Waals surface area contributed by atoms with Crippen molar-refractivity contribution < 1.29 is 52.7 Å². The molecule has 5 aliphatic carbocycles. The van der Waals surface area contributed by atoms with Crippen LogP contribution in [0.15, 0.2) is 24.3 Å². The minimum absolute atomic E-state index is 0.0565. The molecule has 11 nitrogen and oxygen atoms in total. The summed E-state index contributed by atoms with van der Waals surface area (Å²) in [5, 5.41) is 10.6. The lowest BCUT2D eigenvalue weighted by Crippen LogP contribution is -2.61. The SMILES string of the molecule is CCC(C)(C)C(=O)OC12CC3CC(CC(O)(C3)C1)C2.CCC(C)(C)C(=O)OC1C2CC3C(=O)OC1C3O2.CCC(C)(C)C(=O)OCOC1Cc2ccccc2C1. The Morgan fingerprint density at radius 2 is 1.34 bits per heavy atom. The Morgan fingerprint density at radius 3 is 1.89 bits per heavy atom. The Balaban J connectivity index is 0.000000142. The normalized spacial score (nSPS) is 33.5. The molecule has 0 aromatic heterocycles. The first-order valence-electron chi connectivity index (χ1n) is 21.1. The number of esters is 4. The highest BCUT2D eigenvalue weighted by Crippen LogP contribution is 2.59. The number of carbonyl (C=O) groups excluding carboxylic acids is 4. The molecule has 11 heteroatoms. The van der Waals surface area contributed by atoms with Gasteiger partial charge in [-0.05, 0) is 135 Å². The maximum atomic E-state index is 12.4. The Labute approximate surface area is 333 Å². The number of hydrogen-bond acceptors (Lipinski definition) is 11. The highest BCUT2D eigenvalue weighted by Gasteiger charge is 2.65. The van der Waals surface area contributed by atoms with E-state index in [4.69, 9.17) is 28.4 Å². The van der Waals surface area contributed by atoms with Crippen LogP contribution in [-0.4, -0.2) is 77.5 Å². The molecule has 8 aliphatic rings. The van der Waals surface area contributed by atoms with Crippen molar-refractivity contribution in [3.63, 3.8) is 0 Å². The zero-order valence-corrected chi connectivity index (χ0v) is 35.2. The van der Waals surface area contributed by atoms with Crippen molar-refractivity contribution >= 4 is 23.9 Å². The van der Waals surface area contributed by atoms with Crippen LogP contribution in [0, 0.1) is 34.0 Å². The Morgan fingerprint density at radius 1 is 0.786 bits per heavy atom. The minimum atomic E-state index is -0.555. The van der Waals surface area contributed by atoms with Gasteiger partial charge in [0.05, 0.1) is 40.0 Å². The van der Waals surface area contributed by atoms with E-state index in [1.165, 1.54) is 17.5 Å².